The Hall–Kier alpha value is -0.390. The van der Waals surface area contributed by atoms with E-state index < -0.39 is 0 Å². The molecular weight excluding hydrogens is 292 g/mol. The Labute approximate surface area is 119 Å². The van der Waals surface area contributed by atoms with Crippen LogP contribution in [0, 0.1) is 0 Å². The van der Waals surface area contributed by atoms with E-state index in [1.54, 1.807) is 0 Å². The Kier molecular flexibility index (Phi) is 5.37. The van der Waals surface area contributed by atoms with Crippen molar-refractivity contribution >= 4 is 15.9 Å². The molecule has 18 heavy (non-hydrogen) atoms. The van der Waals surface area contributed by atoms with Crippen LogP contribution in [0.4, 0.5) is 0 Å². The molecule has 0 radical (unpaired) electrons. The minimum atomic E-state index is 0.00544. The lowest BCUT2D eigenvalue weighted by atomic mass is 9.90. The Balaban J connectivity index is 3.13. The van der Waals surface area contributed by atoms with Crippen molar-refractivity contribution in [2.75, 3.05) is 20.6 Å². The third-order valence-electron chi connectivity index (χ3n) is 3.67. The van der Waals surface area contributed by atoms with Gasteiger partial charge in [0.2, 0.25) is 0 Å². The quantitative estimate of drug-likeness (QED) is 0.875. The first-order chi connectivity index (χ1) is 8.32. The number of rotatable bonds is 6. The molecule has 0 spiro atoms. The van der Waals surface area contributed by atoms with Crippen LogP contribution in [-0.2, 0) is 7.05 Å². The Morgan fingerprint density at radius 1 is 1.50 bits per heavy atom. The molecule has 0 amide bonds. The van der Waals surface area contributed by atoms with Gasteiger partial charge in [0, 0.05) is 12.6 Å². The smallest absolute Gasteiger partial charge is 0.0711 e. The molecule has 0 aromatic carbocycles. The SMILES string of the molecule is CCCNC(c1c(Br)cnn1C)C(C)(C)N(C)C. The second-order valence-electron chi connectivity index (χ2n) is 5.44. The van der Waals surface area contributed by atoms with E-state index in [-0.39, 0.29) is 11.6 Å². The molecule has 0 aliphatic rings. The molecule has 1 N–H and O–H groups in total. The lowest BCUT2D eigenvalue weighted by molar-refractivity contribution is 0.133. The lowest BCUT2D eigenvalue weighted by Gasteiger charge is -2.41. The molecule has 0 bridgehead atoms. The van der Waals surface area contributed by atoms with E-state index in [4.69, 9.17) is 0 Å². The zero-order valence-corrected chi connectivity index (χ0v) is 13.9. The summed E-state index contributed by atoms with van der Waals surface area (Å²) < 4.78 is 3.01. The molecule has 1 atom stereocenters. The van der Waals surface area contributed by atoms with Crippen LogP contribution in [-0.4, -0.2) is 40.9 Å². The van der Waals surface area contributed by atoms with Gasteiger partial charge in [-0.3, -0.25) is 4.68 Å². The van der Waals surface area contributed by atoms with Crippen LogP contribution >= 0.6 is 15.9 Å². The van der Waals surface area contributed by atoms with E-state index >= 15 is 0 Å². The number of aromatic nitrogens is 2. The average Bonchev–Trinajstić information content (AvgIpc) is 2.60. The van der Waals surface area contributed by atoms with Gasteiger partial charge >= 0.3 is 0 Å². The maximum absolute atomic E-state index is 4.33. The molecule has 5 heteroatoms. The van der Waals surface area contributed by atoms with Gasteiger partial charge < -0.3 is 10.2 Å². The molecule has 0 saturated carbocycles. The number of nitrogens with zero attached hydrogens (tertiary/aromatic N) is 3. The molecule has 0 saturated heterocycles. The van der Waals surface area contributed by atoms with Gasteiger partial charge in [-0.05, 0) is 56.8 Å². The summed E-state index contributed by atoms with van der Waals surface area (Å²) in [7, 11) is 6.22. The topological polar surface area (TPSA) is 33.1 Å². The molecular formula is C13H25BrN4. The first-order valence-corrected chi connectivity index (χ1v) is 7.19. The summed E-state index contributed by atoms with van der Waals surface area (Å²) in [5, 5.41) is 7.97. The van der Waals surface area contributed by atoms with E-state index in [1.807, 2.05) is 17.9 Å². The summed E-state index contributed by atoms with van der Waals surface area (Å²) >= 11 is 3.61. The second-order valence-corrected chi connectivity index (χ2v) is 6.29. The molecule has 104 valence electrons. The van der Waals surface area contributed by atoms with Crippen LogP contribution < -0.4 is 5.32 Å². The Morgan fingerprint density at radius 2 is 2.11 bits per heavy atom. The third-order valence-corrected chi connectivity index (χ3v) is 4.28. The van der Waals surface area contributed by atoms with Crippen LogP contribution in [0.1, 0.15) is 38.9 Å². The highest BCUT2D eigenvalue weighted by Crippen LogP contribution is 2.33. The second kappa shape index (κ2) is 6.17. The fraction of sp³-hybridized carbons (Fsp3) is 0.769. The van der Waals surface area contributed by atoms with Crippen LogP contribution in [0.5, 0.6) is 0 Å². The van der Waals surface area contributed by atoms with E-state index in [9.17, 15) is 0 Å². The van der Waals surface area contributed by atoms with Crippen molar-refractivity contribution in [3.8, 4) is 0 Å². The summed E-state index contributed by atoms with van der Waals surface area (Å²) in [6.07, 6.45) is 2.98. The fourth-order valence-corrected chi connectivity index (χ4v) is 2.55. The van der Waals surface area contributed by atoms with Gasteiger partial charge in [-0.2, -0.15) is 5.10 Å². The van der Waals surface area contributed by atoms with Gasteiger partial charge in [0.05, 0.1) is 22.4 Å². The average molecular weight is 317 g/mol. The molecule has 0 aliphatic heterocycles. The highest BCUT2D eigenvalue weighted by atomic mass is 79.9. The number of likely N-dealkylation sites (N-methyl/N-ethyl adjacent to an activating group) is 1. The summed E-state index contributed by atoms with van der Waals surface area (Å²) in [5.74, 6) is 0. The first-order valence-electron chi connectivity index (χ1n) is 6.40. The third kappa shape index (κ3) is 3.13. The van der Waals surface area contributed by atoms with Crippen molar-refractivity contribution < 1.29 is 0 Å². The van der Waals surface area contributed by atoms with Gasteiger partial charge in [-0.15, -0.1) is 0 Å². The normalized spacial score (nSPS) is 14.2. The summed E-state index contributed by atoms with van der Waals surface area (Å²) in [4.78, 5) is 2.25. The Bertz CT molecular complexity index is 365. The molecule has 4 nitrogen and oxygen atoms in total. The zero-order chi connectivity index (χ0) is 13.9. The summed E-state index contributed by atoms with van der Waals surface area (Å²) in [6, 6.07) is 0.231. The fourth-order valence-electron chi connectivity index (χ4n) is 1.97. The maximum atomic E-state index is 4.33. The van der Waals surface area contributed by atoms with Gasteiger partial charge in [0.1, 0.15) is 0 Å². The Morgan fingerprint density at radius 3 is 2.50 bits per heavy atom. The standard InChI is InChI=1S/C13H25BrN4/c1-7-8-15-12(13(2,3)17(4)5)11-10(14)9-16-18(11)6/h9,12,15H,7-8H2,1-6H3. The zero-order valence-electron chi connectivity index (χ0n) is 12.3. The molecule has 1 aromatic rings. The van der Waals surface area contributed by atoms with Gasteiger partial charge in [-0.25, -0.2) is 0 Å². The summed E-state index contributed by atoms with van der Waals surface area (Å²) in [5.41, 5.74) is 1.20. The molecule has 0 fully saturated rings. The molecule has 1 unspecified atom stereocenters. The minimum Gasteiger partial charge on any atom is -0.307 e. The number of halogens is 1. The molecule has 1 aromatic heterocycles. The van der Waals surface area contributed by atoms with E-state index in [0.717, 1.165) is 17.4 Å². The molecule has 0 aliphatic carbocycles. The molecule has 1 rings (SSSR count). The van der Waals surface area contributed by atoms with Crippen molar-refractivity contribution in [3.05, 3.63) is 16.4 Å². The highest BCUT2D eigenvalue weighted by molar-refractivity contribution is 9.10. The maximum Gasteiger partial charge on any atom is 0.0711 e. The van der Waals surface area contributed by atoms with Crippen molar-refractivity contribution in [1.29, 1.82) is 0 Å². The number of hydrogen-bond acceptors (Lipinski definition) is 3. The van der Waals surface area contributed by atoms with Crippen LogP contribution in [0.3, 0.4) is 0 Å². The van der Waals surface area contributed by atoms with Gasteiger partial charge in [0.25, 0.3) is 0 Å². The minimum absolute atomic E-state index is 0.00544. The first kappa shape index (κ1) is 15.7. The van der Waals surface area contributed by atoms with Gasteiger partial charge in [-0.1, -0.05) is 6.92 Å². The number of nitrogens with one attached hydrogen (secondary N) is 1. The monoisotopic (exact) mass is 316 g/mol. The van der Waals surface area contributed by atoms with E-state index in [1.165, 1.54) is 5.69 Å². The van der Waals surface area contributed by atoms with Crippen molar-refractivity contribution in [2.45, 2.75) is 38.8 Å². The number of aryl methyl sites for hydroxylation is 1. The van der Waals surface area contributed by atoms with E-state index in [0.29, 0.717) is 0 Å². The predicted molar refractivity (Wildman–Crippen MR) is 79.7 cm³/mol. The van der Waals surface area contributed by atoms with E-state index in [2.05, 4.69) is 66.1 Å². The largest absolute Gasteiger partial charge is 0.307 e. The predicted octanol–water partition coefficient (Wildman–Crippen LogP) is 2.56. The molecule has 1 heterocycles. The van der Waals surface area contributed by atoms with Crippen molar-refractivity contribution in [3.63, 3.8) is 0 Å². The highest BCUT2D eigenvalue weighted by Gasteiger charge is 2.35. The number of hydrogen-bond donors (Lipinski definition) is 1. The van der Waals surface area contributed by atoms with Crippen molar-refractivity contribution in [2.24, 2.45) is 7.05 Å². The van der Waals surface area contributed by atoms with Crippen LogP contribution in [0.25, 0.3) is 0 Å². The summed E-state index contributed by atoms with van der Waals surface area (Å²) in [6.45, 7) is 7.68. The van der Waals surface area contributed by atoms with Crippen molar-refractivity contribution in [1.82, 2.24) is 20.0 Å². The van der Waals surface area contributed by atoms with Crippen LogP contribution in [0.15, 0.2) is 10.7 Å². The van der Waals surface area contributed by atoms with Gasteiger partial charge in [0.15, 0.2) is 0 Å². The van der Waals surface area contributed by atoms with Crippen LogP contribution in [0.2, 0.25) is 0 Å². The lowest BCUT2D eigenvalue weighted by Crippen LogP contribution is -2.50.